The van der Waals surface area contributed by atoms with Gasteiger partial charge in [0.15, 0.2) is 0 Å². The minimum absolute atomic E-state index is 0.0737. The highest BCUT2D eigenvalue weighted by Crippen LogP contribution is 2.39. The average molecular weight is 391 g/mol. The Balaban J connectivity index is 2.41. The van der Waals surface area contributed by atoms with Crippen molar-refractivity contribution in [3.05, 3.63) is 58.1 Å². The summed E-state index contributed by atoms with van der Waals surface area (Å²) in [4.78, 5) is 4.44. The molecule has 0 aliphatic heterocycles. The van der Waals surface area contributed by atoms with Crippen LogP contribution in [0, 0.1) is 28.5 Å². The van der Waals surface area contributed by atoms with Crippen molar-refractivity contribution in [2.75, 3.05) is 13.7 Å². The molecule has 0 amide bonds. The maximum absolute atomic E-state index is 14.2. The molecule has 2 atom stereocenters. The maximum Gasteiger partial charge on any atom is 0.145 e. The number of aliphatic hydroxyl groups excluding tert-OH is 1. The Labute approximate surface area is 164 Å². The van der Waals surface area contributed by atoms with Crippen molar-refractivity contribution < 1.29 is 14.2 Å². The number of aliphatic hydroxyl groups is 1. The van der Waals surface area contributed by atoms with Gasteiger partial charge in [0.1, 0.15) is 11.6 Å². The Morgan fingerprint density at radius 3 is 2.63 bits per heavy atom. The molecule has 0 aliphatic rings. The van der Waals surface area contributed by atoms with Crippen LogP contribution in [-0.4, -0.2) is 23.8 Å². The van der Waals surface area contributed by atoms with Crippen molar-refractivity contribution in [2.45, 2.75) is 33.1 Å². The predicted octanol–water partition coefficient (Wildman–Crippen LogP) is 4.74. The molecule has 144 valence electrons. The molecule has 1 aromatic heterocycles. The fraction of sp³-hybridized carbons (Fsp3) is 0.429. The monoisotopic (exact) mass is 390 g/mol. The van der Waals surface area contributed by atoms with Crippen LogP contribution in [-0.2, 0) is 6.42 Å². The lowest BCUT2D eigenvalue weighted by molar-refractivity contribution is 0.119. The van der Waals surface area contributed by atoms with E-state index in [0.717, 1.165) is 5.56 Å². The minimum atomic E-state index is -0.623. The standard InChI is InChI=1S/C21H24ClFN2O2/c1-21(2,3)16(12-26)15(10-24)20-18(27-4)9-13(11-25-20)8-14-6-5-7-17(22)19(14)23/h5-7,9,11,15-16,26H,8,12H2,1-4H3/t15?,16-/m0/s1. The van der Waals surface area contributed by atoms with Crippen molar-refractivity contribution >= 4 is 11.6 Å². The number of ether oxygens (including phenoxy) is 1. The molecule has 27 heavy (non-hydrogen) atoms. The second-order valence-electron chi connectivity index (χ2n) is 7.58. The van der Waals surface area contributed by atoms with Crippen LogP contribution in [0.5, 0.6) is 5.75 Å². The maximum atomic E-state index is 14.2. The molecule has 2 aromatic rings. The number of hydrogen-bond donors (Lipinski definition) is 1. The first kappa shape index (κ1) is 21.1. The van der Waals surface area contributed by atoms with Crippen molar-refractivity contribution in [1.82, 2.24) is 4.98 Å². The molecule has 1 aromatic carbocycles. The van der Waals surface area contributed by atoms with Crippen LogP contribution in [0.4, 0.5) is 4.39 Å². The minimum Gasteiger partial charge on any atom is -0.495 e. The summed E-state index contributed by atoms with van der Waals surface area (Å²) in [7, 11) is 1.50. The predicted molar refractivity (Wildman–Crippen MR) is 103 cm³/mol. The largest absolute Gasteiger partial charge is 0.495 e. The number of aromatic nitrogens is 1. The Hall–Kier alpha value is -2.16. The van der Waals surface area contributed by atoms with Crippen LogP contribution in [0.15, 0.2) is 30.5 Å². The number of benzene rings is 1. The highest BCUT2D eigenvalue weighted by atomic mass is 35.5. The normalized spacial score (nSPS) is 13.7. The summed E-state index contributed by atoms with van der Waals surface area (Å²) in [5, 5.41) is 19.6. The van der Waals surface area contributed by atoms with Gasteiger partial charge in [-0.05, 0) is 28.7 Å². The number of halogens is 2. The van der Waals surface area contributed by atoms with Gasteiger partial charge in [-0.25, -0.2) is 4.39 Å². The van der Waals surface area contributed by atoms with E-state index in [1.807, 2.05) is 20.8 Å². The Morgan fingerprint density at radius 2 is 2.07 bits per heavy atom. The quantitative estimate of drug-likeness (QED) is 0.773. The number of nitrogens with zero attached hydrogens (tertiary/aromatic N) is 2. The van der Waals surface area contributed by atoms with Crippen LogP contribution in [0.2, 0.25) is 5.02 Å². The lowest BCUT2D eigenvalue weighted by Crippen LogP contribution is -2.30. The van der Waals surface area contributed by atoms with Gasteiger partial charge in [-0.3, -0.25) is 4.98 Å². The molecule has 0 bridgehead atoms. The van der Waals surface area contributed by atoms with Crippen molar-refractivity contribution in [1.29, 1.82) is 5.26 Å². The second-order valence-corrected chi connectivity index (χ2v) is 7.99. The lowest BCUT2D eigenvalue weighted by atomic mass is 9.72. The van der Waals surface area contributed by atoms with Crippen molar-refractivity contribution in [2.24, 2.45) is 11.3 Å². The zero-order chi connectivity index (χ0) is 20.2. The van der Waals surface area contributed by atoms with E-state index < -0.39 is 11.7 Å². The SMILES string of the molecule is COc1cc(Cc2cccc(Cl)c2F)cnc1C(C#N)[C@H](CO)C(C)(C)C. The van der Waals surface area contributed by atoms with Crippen molar-refractivity contribution in [3.8, 4) is 11.8 Å². The summed E-state index contributed by atoms with van der Waals surface area (Å²) in [6.45, 7) is 5.78. The van der Waals surface area contributed by atoms with E-state index in [1.54, 1.807) is 24.4 Å². The highest BCUT2D eigenvalue weighted by Gasteiger charge is 2.35. The van der Waals surface area contributed by atoms with Crippen molar-refractivity contribution in [3.63, 3.8) is 0 Å². The summed E-state index contributed by atoms with van der Waals surface area (Å²) in [6.07, 6.45) is 1.91. The average Bonchev–Trinajstić information content (AvgIpc) is 2.62. The molecule has 1 unspecified atom stereocenters. The molecule has 0 saturated carbocycles. The molecule has 0 radical (unpaired) electrons. The molecule has 1 N–H and O–H groups in total. The Morgan fingerprint density at radius 1 is 1.37 bits per heavy atom. The van der Waals surface area contributed by atoms with Crippen LogP contribution in [0.25, 0.3) is 0 Å². The first-order chi connectivity index (χ1) is 12.7. The molecule has 4 nitrogen and oxygen atoms in total. The first-order valence-corrected chi connectivity index (χ1v) is 9.06. The zero-order valence-electron chi connectivity index (χ0n) is 16.0. The van der Waals surface area contributed by atoms with Gasteiger partial charge in [-0.15, -0.1) is 0 Å². The molecule has 2 rings (SSSR count). The summed E-state index contributed by atoms with van der Waals surface area (Å²) in [6, 6.07) is 8.87. The Kier molecular flexibility index (Phi) is 6.80. The van der Waals surface area contributed by atoms with E-state index in [2.05, 4.69) is 11.1 Å². The molecule has 6 heteroatoms. The number of hydrogen-bond acceptors (Lipinski definition) is 4. The number of pyridine rings is 1. The van der Waals surface area contributed by atoms with Crippen LogP contribution >= 0.6 is 11.6 Å². The molecule has 1 heterocycles. The summed E-state index contributed by atoms with van der Waals surface area (Å²) in [5.41, 5.74) is 1.39. The molecule has 0 aliphatic carbocycles. The van der Waals surface area contributed by atoms with Gasteiger partial charge in [0.2, 0.25) is 0 Å². The smallest absolute Gasteiger partial charge is 0.145 e. The molecule has 0 fully saturated rings. The fourth-order valence-electron chi connectivity index (χ4n) is 3.12. The lowest BCUT2D eigenvalue weighted by Gasteiger charge is -2.32. The summed E-state index contributed by atoms with van der Waals surface area (Å²) < 4.78 is 19.6. The van der Waals surface area contributed by atoms with Crippen LogP contribution in [0.3, 0.4) is 0 Å². The van der Waals surface area contributed by atoms with E-state index in [1.165, 1.54) is 13.2 Å². The summed E-state index contributed by atoms with van der Waals surface area (Å²) in [5.74, 6) is -0.934. The number of rotatable bonds is 6. The highest BCUT2D eigenvalue weighted by molar-refractivity contribution is 6.30. The first-order valence-electron chi connectivity index (χ1n) is 8.69. The topological polar surface area (TPSA) is 66.1 Å². The Bertz CT molecular complexity index is 843. The van der Waals surface area contributed by atoms with Gasteiger partial charge >= 0.3 is 0 Å². The van der Waals surface area contributed by atoms with E-state index >= 15 is 0 Å². The van der Waals surface area contributed by atoms with Gasteiger partial charge in [0.25, 0.3) is 0 Å². The van der Waals surface area contributed by atoms with Crippen LogP contribution < -0.4 is 4.74 Å². The zero-order valence-corrected chi connectivity index (χ0v) is 16.7. The number of methoxy groups -OCH3 is 1. The molecular formula is C21H24ClFN2O2. The van der Waals surface area contributed by atoms with E-state index in [-0.39, 0.29) is 23.0 Å². The van der Waals surface area contributed by atoms with E-state index in [0.29, 0.717) is 23.4 Å². The van der Waals surface area contributed by atoms with Gasteiger partial charge in [-0.1, -0.05) is 44.5 Å². The van der Waals surface area contributed by atoms with Gasteiger partial charge in [0, 0.05) is 25.1 Å². The second kappa shape index (κ2) is 8.69. The third-order valence-electron chi connectivity index (χ3n) is 4.73. The van der Waals surface area contributed by atoms with Gasteiger partial charge in [-0.2, -0.15) is 5.26 Å². The van der Waals surface area contributed by atoms with Gasteiger partial charge in [0.05, 0.1) is 29.8 Å². The molecule has 0 spiro atoms. The van der Waals surface area contributed by atoms with E-state index in [9.17, 15) is 14.8 Å². The van der Waals surface area contributed by atoms with E-state index in [4.69, 9.17) is 16.3 Å². The molecular weight excluding hydrogens is 367 g/mol. The third-order valence-corrected chi connectivity index (χ3v) is 5.02. The summed E-state index contributed by atoms with van der Waals surface area (Å²) >= 11 is 5.84. The fourth-order valence-corrected chi connectivity index (χ4v) is 3.31. The molecule has 0 saturated heterocycles. The third kappa shape index (κ3) is 4.77. The number of nitriles is 1. The van der Waals surface area contributed by atoms with Gasteiger partial charge < -0.3 is 9.84 Å². The van der Waals surface area contributed by atoms with Crippen LogP contribution in [0.1, 0.15) is 43.5 Å².